The second-order valence-corrected chi connectivity index (χ2v) is 3.38. The van der Waals surface area contributed by atoms with E-state index < -0.39 is 0 Å². The molecule has 1 aromatic carbocycles. The van der Waals surface area contributed by atoms with Crippen LogP contribution < -0.4 is 4.74 Å². The molecule has 0 bridgehead atoms. The molecular formula is C13H12N2O2. The smallest absolute Gasteiger partial charge is 0.161 e. The van der Waals surface area contributed by atoms with Gasteiger partial charge in [0.2, 0.25) is 0 Å². The van der Waals surface area contributed by atoms with E-state index in [1.807, 2.05) is 18.2 Å². The van der Waals surface area contributed by atoms with Crippen molar-refractivity contribution in [2.75, 3.05) is 7.11 Å². The molecule has 1 heterocycles. The number of benzene rings is 1. The SMILES string of the molecule is COc1cc(/C=N/c2ccccn2)ccc1O. The largest absolute Gasteiger partial charge is 0.504 e. The number of aromatic nitrogens is 1. The van der Waals surface area contributed by atoms with Gasteiger partial charge in [0.25, 0.3) is 0 Å². The summed E-state index contributed by atoms with van der Waals surface area (Å²) < 4.78 is 5.01. The number of nitrogens with zero attached hydrogens (tertiary/aromatic N) is 2. The van der Waals surface area contributed by atoms with Gasteiger partial charge in [0.05, 0.1) is 7.11 Å². The van der Waals surface area contributed by atoms with Gasteiger partial charge in [-0.05, 0) is 35.9 Å². The van der Waals surface area contributed by atoms with Crippen LogP contribution in [-0.4, -0.2) is 23.4 Å². The number of ether oxygens (including phenoxy) is 1. The Morgan fingerprint density at radius 3 is 2.88 bits per heavy atom. The van der Waals surface area contributed by atoms with Crippen LogP contribution >= 0.6 is 0 Å². The fourth-order valence-corrected chi connectivity index (χ4v) is 1.35. The molecule has 0 atom stereocenters. The lowest BCUT2D eigenvalue weighted by Gasteiger charge is -2.03. The highest BCUT2D eigenvalue weighted by Gasteiger charge is 2.00. The first kappa shape index (κ1) is 11.1. The quantitative estimate of drug-likeness (QED) is 0.821. The van der Waals surface area contributed by atoms with Gasteiger partial charge in [0.15, 0.2) is 17.3 Å². The second kappa shape index (κ2) is 5.12. The van der Waals surface area contributed by atoms with Crippen molar-refractivity contribution >= 4 is 12.0 Å². The number of pyridine rings is 1. The van der Waals surface area contributed by atoms with Crippen LogP contribution in [0, 0.1) is 0 Å². The monoisotopic (exact) mass is 228 g/mol. The number of methoxy groups -OCH3 is 1. The van der Waals surface area contributed by atoms with Gasteiger partial charge < -0.3 is 9.84 Å². The molecular weight excluding hydrogens is 216 g/mol. The van der Waals surface area contributed by atoms with Gasteiger partial charge in [-0.15, -0.1) is 0 Å². The summed E-state index contributed by atoms with van der Waals surface area (Å²) in [7, 11) is 1.51. The Balaban J connectivity index is 2.22. The van der Waals surface area contributed by atoms with E-state index in [-0.39, 0.29) is 5.75 Å². The Bertz CT molecular complexity index is 524. The van der Waals surface area contributed by atoms with Crippen molar-refractivity contribution in [2.45, 2.75) is 0 Å². The van der Waals surface area contributed by atoms with E-state index in [0.717, 1.165) is 5.56 Å². The van der Waals surface area contributed by atoms with E-state index in [0.29, 0.717) is 11.6 Å². The van der Waals surface area contributed by atoms with Crippen LogP contribution in [0.4, 0.5) is 5.82 Å². The lowest BCUT2D eigenvalue weighted by atomic mass is 10.2. The number of hydrogen-bond donors (Lipinski definition) is 1. The first-order valence-electron chi connectivity index (χ1n) is 5.11. The van der Waals surface area contributed by atoms with Gasteiger partial charge >= 0.3 is 0 Å². The highest BCUT2D eigenvalue weighted by molar-refractivity contribution is 5.82. The molecule has 1 aromatic heterocycles. The van der Waals surface area contributed by atoms with Crippen molar-refractivity contribution in [3.05, 3.63) is 48.2 Å². The maximum Gasteiger partial charge on any atom is 0.161 e. The molecule has 0 saturated heterocycles. The van der Waals surface area contributed by atoms with Crippen LogP contribution in [0.2, 0.25) is 0 Å². The topological polar surface area (TPSA) is 54.7 Å². The van der Waals surface area contributed by atoms with E-state index in [1.54, 1.807) is 30.6 Å². The predicted octanol–water partition coefficient (Wildman–Crippen LogP) is 2.55. The summed E-state index contributed by atoms with van der Waals surface area (Å²) in [6.07, 6.45) is 3.36. The number of aromatic hydroxyl groups is 1. The first-order valence-corrected chi connectivity index (χ1v) is 5.11. The average molecular weight is 228 g/mol. The van der Waals surface area contributed by atoms with E-state index in [4.69, 9.17) is 4.74 Å². The summed E-state index contributed by atoms with van der Waals surface area (Å²) >= 11 is 0. The van der Waals surface area contributed by atoms with Crippen molar-refractivity contribution in [2.24, 2.45) is 4.99 Å². The molecule has 0 aliphatic carbocycles. The predicted molar refractivity (Wildman–Crippen MR) is 66.1 cm³/mol. The van der Waals surface area contributed by atoms with Gasteiger partial charge in [-0.2, -0.15) is 0 Å². The maximum absolute atomic E-state index is 9.44. The third kappa shape index (κ3) is 2.81. The zero-order chi connectivity index (χ0) is 12.1. The summed E-state index contributed by atoms with van der Waals surface area (Å²) in [6.45, 7) is 0. The Morgan fingerprint density at radius 1 is 1.29 bits per heavy atom. The maximum atomic E-state index is 9.44. The van der Waals surface area contributed by atoms with Crippen molar-refractivity contribution in [3.63, 3.8) is 0 Å². The van der Waals surface area contributed by atoms with Crippen molar-refractivity contribution in [1.29, 1.82) is 0 Å². The minimum absolute atomic E-state index is 0.113. The lowest BCUT2D eigenvalue weighted by Crippen LogP contribution is -1.87. The highest BCUT2D eigenvalue weighted by Crippen LogP contribution is 2.25. The average Bonchev–Trinajstić information content (AvgIpc) is 2.39. The van der Waals surface area contributed by atoms with Gasteiger partial charge in [0, 0.05) is 12.4 Å². The molecule has 0 saturated carbocycles. The van der Waals surface area contributed by atoms with E-state index in [2.05, 4.69) is 9.98 Å². The Morgan fingerprint density at radius 2 is 2.18 bits per heavy atom. The molecule has 0 spiro atoms. The van der Waals surface area contributed by atoms with Crippen molar-refractivity contribution in [3.8, 4) is 11.5 Å². The first-order chi connectivity index (χ1) is 8.29. The summed E-state index contributed by atoms with van der Waals surface area (Å²) in [5.41, 5.74) is 0.838. The molecule has 86 valence electrons. The zero-order valence-corrected chi connectivity index (χ0v) is 9.37. The standard InChI is InChI=1S/C13H12N2O2/c1-17-12-8-10(5-6-11(12)16)9-15-13-4-2-3-7-14-13/h2-9,16H,1H3/b15-9+. The van der Waals surface area contributed by atoms with Crippen molar-refractivity contribution in [1.82, 2.24) is 4.98 Å². The van der Waals surface area contributed by atoms with E-state index in [9.17, 15) is 5.11 Å². The molecule has 2 rings (SSSR count). The molecule has 0 aliphatic rings. The van der Waals surface area contributed by atoms with Gasteiger partial charge in [-0.25, -0.2) is 9.98 Å². The minimum Gasteiger partial charge on any atom is -0.504 e. The van der Waals surface area contributed by atoms with E-state index in [1.165, 1.54) is 7.11 Å². The van der Waals surface area contributed by atoms with Crippen LogP contribution in [0.25, 0.3) is 0 Å². The van der Waals surface area contributed by atoms with E-state index >= 15 is 0 Å². The zero-order valence-electron chi connectivity index (χ0n) is 9.37. The van der Waals surface area contributed by atoms with Gasteiger partial charge in [0.1, 0.15) is 0 Å². The normalized spacial score (nSPS) is 10.6. The molecule has 0 fully saturated rings. The summed E-state index contributed by atoms with van der Waals surface area (Å²) in [6, 6.07) is 10.6. The summed E-state index contributed by atoms with van der Waals surface area (Å²) in [4.78, 5) is 8.28. The molecule has 0 radical (unpaired) electrons. The molecule has 0 unspecified atom stereocenters. The van der Waals surface area contributed by atoms with Crippen LogP contribution in [0.3, 0.4) is 0 Å². The Labute approximate surface area is 99.2 Å². The second-order valence-electron chi connectivity index (χ2n) is 3.38. The van der Waals surface area contributed by atoms with Crippen LogP contribution in [0.1, 0.15) is 5.56 Å². The fourth-order valence-electron chi connectivity index (χ4n) is 1.35. The van der Waals surface area contributed by atoms with Gasteiger partial charge in [-0.3, -0.25) is 0 Å². The molecule has 2 aromatic rings. The summed E-state index contributed by atoms with van der Waals surface area (Å²) in [5.74, 6) is 1.18. The van der Waals surface area contributed by atoms with Crippen molar-refractivity contribution < 1.29 is 9.84 Å². The number of aliphatic imine (C=N–C) groups is 1. The molecule has 0 aliphatic heterocycles. The molecule has 4 heteroatoms. The number of phenolic OH excluding ortho intramolecular Hbond substituents is 1. The molecule has 17 heavy (non-hydrogen) atoms. The van der Waals surface area contributed by atoms with Gasteiger partial charge in [-0.1, -0.05) is 6.07 Å². The number of phenols is 1. The third-order valence-electron chi connectivity index (χ3n) is 2.20. The fraction of sp³-hybridized carbons (Fsp3) is 0.0769. The number of rotatable bonds is 3. The Kier molecular flexibility index (Phi) is 3.35. The molecule has 0 amide bonds. The molecule has 4 nitrogen and oxygen atoms in total. The number of hydrogen-bond acceptors (Lipinski definition) is 4. The lowest BCUT2D eigenvalue weighted by molar-refractivity contribution is 0.373. The highest BCUT2D eigenvalue weighted by atomic mass is 16.5. The third-order valence-corrected chi connectivity index (χ3v) is 2.20. The van der Waals surface area contributed by atoms with Crippen LogP contribution in [0.15, 0.2) is 47.6 Å². The van der Waals surface area contributed by atoms with Crippen LogP contribution in [-0.2, 0) is 0 Å². The minimum atomic E-state index is 0.113. The summed E-state index contributed by atoms with van der Waals surface area (Å²) in [5, 5.41) is 9.44. The Hall–Kier alpha value is -2.36. The molecule has 1 N–H and O–H groups in total. The van der Waals surface area contributed by atoms with Crippen LogP contribution in [0.5, 0.6) is 11.5 Å².